The van der Waals surface area contributed by atoms with Gasteiger partial charge in [0.15, 0.2) is 17.3 Å². The number of H-pyrrole nitrogens is 1. The van der Waals surface area contributed by atoms with Crippen LogP contribution >= 0.6 is 0 Å². The Balaban J connectivity index is 2.28. The summed E-state index contributed by atoms with van der Waals surface area (Å²) in [5, 5.41) is 22.4. The maximum Gasteiger partial charge on any atom is 0.356 e. The van der Waals surface area contributed by atoms with E-state index in [0.29, 0.717) is 17.2 Å². The minimum atomic E-state index is -1.11. The molecular formula is C10H8N6O3. The molecule has 0 saturated carbocycles. The van der Waals surface area contributed by atoms with E-state index < -0.39 is 5.97 Å². The summed E-state index contributed by atoms with van der Waals surface area (Å²) in [5.41, 5.74) is 0.900. The molecule has 9 nitrogen and oxygen atoms in total. The Labute approximate surface area is 105 Å². The number of methoxy groups -OCH3 is 1. The van der Waals surface area contributed by atoms with Crippen LogP contribution in [0, 0.1) is 0 Å². The Hall–Kier alpha value is -2.97. The van der Waals surface area contributed by atoms with Crippen LogP contribution in [-0.2, 0) is 0 Å². The molecule has 0 spiro atoms. The lowest BCUT2D eigenvalue weighted by Crippen LogP contribution is -2.07. The summed E-state index contributed by atoms with van der Waals surface area (Å²) in [6, 6.07) is 3.20. The van der Waals surface area contributed by atoms with Crippen molar-refractivity contribution in [2.24, 2.45) is 0 Å². The fourth-order valence-electron chi connectivity index (χ4n) is 1.79. The van der Waals surface area contributed by atoms with E-state index in [4.69, 9.17) is 4.74 Å². The van der Waals surface area contributed by atoms with E-state index >= 15 is 0 Å². The number of carboxylic acids is 1. The molecule has 3 aromatic heterocycles. The first-order valence-electron chi connectivity index (χ1n) is 5.24. The molecule has 0 unspecified atom stereocenters. The van der Waals surface area contributed by atoms with Gasteiger partial charge < -0.3 is 9.84 Å². The van der Waals surface area contributed by atoms with Gasteiger partial charge in [0.05, 0.1) is 7.11 Å². The summed E-state index contributed by atoms with van der Waals surface area (Å²) in [5.74, 6) is -0.499. The monoisotopic (exact) mass is 260 g/mol. The summed E-state index contributed by atoms with van der Waals surface area (Å²) in [6.07, 6.45) is 1.53. The quantitative estimate of drug-likeness (QED) is 0.691. The van der Waals surface area contributed by atoms with E-state index in [9.17, 15) is 9.90 Å². The van der Waals surface area contributed by atoms with Gasteiger partial charge in [0.2, 0.25) is 0 Å². The summed E-state index contributed by atoms with van der Waals surface area (Å²) >= 11 is 0. The minimum absolute atomic E-state index is 0.00813. The molecule has 3 rings (SSSR count). The van der Waals surface area contributed by atoms with Crippen LogP contribution in [-0.4, -0.2) is 48.2 Å². The number of nitrogens with one attached hydrogen (secondary N) is 1. The summed E-state index contributed by atoms with van der Waals surface area (Å²) < 4.78 is 6.45. The van der Waals surface area contributed by atoms with Crippen molar-refractivity contribution in [3.63, 3.8) is 0 Å². The second-order valence-corrected chi connectivity index (χ2v) is 3.66. The molecule has 0 radical (unpaired) electrons. The number of nitrogens with zero attached hydrogens (tertiary/aromatic N) is 5. The number of hydrogen-bond acceptors (Lipinski definition) is 6. The smallest absolute Gasteiger partial charge is 0.356 e. The molecule has 0 fully saturated rings. The lowest BCUT2D eigenvalue weighted by molar-refractivity contribution is 0.0685. The molecule has 3 aromatic rings. The van der Waals surface area contributed by atoms with Crippen molar-refractivity contribution >= 4 is 11.6 Å². The number of aromatic amines is 1. The van der Waals surface area contributed by atoms with Crippen LogP contribution in [0.2, 0.25) is 0 Å². The Morgan fingerprint density at radius 2 is 2.32 bits per heavy atom. The van der Waals surface area contributed by atoms with Crippen LogP contribution in [0.5, 0.6) is 5.75 Å². The highest BCUT2D eigenvalue weighted by Crippen LogP contribution is 2.23. The first-order valence-corrected chi connectivity index (χ1v) is 5.24. The van der Waals surface area contributed by atoms with Crippen molar-refractivity contribution in [1.29, 1.82) is 0 Å². The van der Waals surface area contributed by atoms with Gasteiger partial charge in [-0.25, -0.2) is 14.9 Å². The highest BCUT2D eigenvalue weighted by Gasteiger charge is 2.18. The van der Waals surface area contributed by atoms with Crippen LogP contribution < -0.4 is 4.74 Å². The van der Waals surface area contributed by atoms with Crippen LogP contribution in [0.4, 0.5) is 0 Å². The van der Waals surface area contributed by atoms with Gasteiger partial charge in [-0.2, -0.15) is 0 Å². The van der Waals surface area contributed by atoms with Crippen molar-refractivity contribution in [2.45, 2.75) is 0 Å². The SMILES string of the molecule is COc1ccc2nc(-c3nnn[nH]3)cn2c1C(=O)O. The van der Waals surface area contributed by atoms with Crippen LogP contribution in [0.1, 0.15) is 10.5 Å². The van der Waals surface area contributed by atoms with E-state index in [1.165, 1.54) is 17.7 Å². The maximum atomic E-state index is 11.3. The van der Waals surface area contributed by atoms with Gasteiger partial charge in [-0.05, 0) is 22.6 Å². The third-order valence-corrected chi connectivity index (χ3v) is 2.60. The number of rotatable bonds is 3. The molecular weight excluding hydrogens is 252 g/mol. The summed E-state index contributed by atoms with van der Waals surface area (Å²) in [6.45, 7) is 0. The van der Waals surface area contributed by atoms with Gasteiger partial charge in [-0.3, -0.25) is 4.40 Å². The standard InChI is InChI=1S/C10H8N6O3/c1-19-6-2-3-7-11-5(9-12-14-15-13-9)4-16(7)8(6)10(17)18/h2-4H,1H3,(H,17,18)(H,12,13,14,15). The molecule has 0 aliphatic heterocycles. The number of carbonyl (C=O) groups is 1. The number of tetrazole rings is 1. The van der Waals surface area contributed by atoms with Gasteiger partial charge in [0.1, 0.15) is 11.3 Å². The van der Waals surface area contributed by atoms with Crippen LogP contribution in [0.25, 0.3) is 17.2 Å². The predicted molar refractivity (Wildman–Crippen MR) is 61.9 cm³/mol. The van der Waals surface area contributed by atoms with Crippen molar-refractivity contribution in [2.75, 3.05) is 7.11 Å². The molecule has 0 aliphatic rings. The molecule has 9 heteroatoms. The normalized spacial score (nSPS) is 10.8. The lowest BCUT2D eigenvalue weighted by Gasteiger charge is -2.06. The molecule has 0 saturated heterocycles. The highest BCUT2D eigenvalue weighted by molar-refractivity contribution is 5.90. The molecule has 3 heterocycles. The number of aromatic nitrogens is 6. The number of pyridine rings is 1. The number of hydrogen-bond donors (Lipinski definition) is 2. The first kappa shape index (κ1) is 11.1. The molecule has 0 aromatic carbocycles. The van der Waals surface area contributed by atoms with Crippen molar-refractivity contribution in [1.82, 2.24) is 30.0 Å². The Bertz CT molecular complexity index is 748. The Morgan fingerprint density at radius 3 is 2.95 bits per heavy atom. The zero-order valence-corrected chi connectivity index (χ0v) is 9.73. The average molecular weight is 260 g/mol. The number of aromatic carboxylic acids is 1. The average Bonchev–Trinajstić information content (AvgIpc) is 3.05. The first-order chi connectivity index (χ1) is 9.20. The largest absolute Gasteiger partial charge is 0.494 e. The molecule has 96 valence electrons. The summed E-state index contributed by atoms with van der Waals surface area (Å²) in [4.78, 5) is 15.6. The van der Waals surface area contributed by atoms with Crippen molar-refractivity contribution in [3.05, 3.63) is 24.0 Å². The van der Waals surface area contributed by atoms with Gasteiger partial charge in [-0.15, -0.1) is 5.10 Å². The molecule has 19 heavy (non-hydrogen) atoms. The number of carboxylic acid groups (broad SMARTS) is 1. The Kier molecular flexibility index (Phi) is 2.37. The van der Waals surface area contributed by atoms with Gasteiger partial charge in [0, 0.05) is 6.20 Å². The van der Waals surface area contributed by atoms with E-state index in [1.807, 2.05) is 0 Å². The highest BCUT2D eigenvalue weighted by atomic mass is 16.5. The van der Waals surface area contributed by atoms with E-state index in [2.05, 4.69) is 25.6 Å². The van der Waals surface area contributed by atoms with E-state index in [-0.39, 0.29) is 11.4 Å². The molecule has 2 N–H and O–H groups in total. The van der Waals surface area contributed by atoms with Crippen molar-refractivity contribution < 1.29 is 14.6 Å². The molecule has 0 amide bonds. The third kappa shape index (κ3) is 1.68. The molecule has 0 bridgehead atoms. The number of ether oxygens (including phenoxy) is 1. The zero-order valence-electron chi connectivity index (χ0n) is 9.73. The fourth-order valence-corrected chi connectivity index (χ4v) is 1.79. The molecule has 0 aliphatic carbocycles. The predicted octanol–water partition coefficient (Wildman–Crippen LogP) is 0.221. The fraction of sp³-hybridized carbons (Fsp3) is 0.100. The maximum absolute atomic E-state index is 11.3. The summed E-state index contributed by atoms with van der Waals surface area (Å²) in [7, 11) is 1.41. The second kappa shape index (κ2) is 4.05. The van der Waals surface area contributed by atoms with Gasteiger partial charge in [-0.1, -0.05) is 0 Å². The van der Waals surface area contributed by atoms with Crippen LogP contribution in [0.15, 0.2) is 18.3 Å². The number of imidazole rings is 1. The third-order valence-electron chi connectivity index (χ3n) is 2.60. The zero-order chi connectivity index (χ0) is 13.4. The lowest BCUT2D eigenvalue weighted by atomic mass is 10.3. The van der Waals surface area contributed by atoms with E-state index in [1.54, 1.807) is 12.1 Å². The minimum Gasteiger partial charge on any atom is -0.494 e. The molecule has 0 atom stereocenters. The van der Waals surface area contributed by atoms with Gasteiger partial charge >= 0.3 is 5.97 Å². The Morgan fingerprint density at radius 1 is 1.47 bits per heavy atom. The van der Waals surface area contributed by atoms with Crippen molar-refractivity contribution in [3.8, 4) is 17.3 Å². The number of fused-ring (bicyclic) bond motifs is 1. The van der Waals surface area contributed by atoms with Crippen LogP contribution in [0.3, 0.4) is 0 Å². The van der Waals surface area contributed by atoms with E-state index in [0.717, 1.165) is 0 Å². The van der Waals surface area contributed by atoms with Gasteiger partial charge in [0.25, 0.3) is 0 Å². The second-order valence-electron chi connectivity index (χ2n) is 3.66. The topological polar surface area (TPSA) is 118 Å².